The van der Waals surface area contributed by atoms with Crippen LogP contribution in [0.2, 0.25) is 0 Å². The number of hydrogen-bond donors (Lipinski definition) is 0. The summed E-state index contributed by atoms with van der Waals surface area (Å²) in [5.74, 6) is 0. The van der Waals surface area contributed by atoms with Crippen LogP contribution >= 0.6 is 0 Å². The monoisotopic (exact) mass is 414 g/mol. The van der Waals surface area contributed by atoms with Gasteiger partial charge in [0.25, 0.3) is 0 Å². The number of fused-ring (bicyclic) bond motifs is 2. The van der Waals surface area contributed by atoms with Crippen LogP contribution in [0.5, 0.6) is 0 Å². The molecular formula is C16H12SeTe. The molecule has 2 aromatic heterocycles. The maximum absolute atomic E-state index is 2.47. The minimum absolute atomic E-state index is 0.143. The number of hydrogen-bond acceptors (Lipinski definition) is 0. The SMILES string of the molecule is Cc1cc2cc3[te]c(C4=CC=CC4)cc3cc2[se]1. The molecule has 0 saturated heterocycles. The van der Waals surface area contributed by atoms with Crippen LogP contribution < -0.4 is 0 Å². The van der Waals surface area contributed by atoms with E-state index in [1.165, 1.54) is 10.8 Å². The van der Waals surface area contributed by atoms with Crippen molar-refractivity contribution in [2.75, 3.05) is 0 Å². The summed E-state index contributed by atoms with van der Waals surface area (Å²) in [6, 6.07) is 9.77. The summed E-state index contributed by atoms with van der Waals surface area (Å²) in [5, 5.41) is 3.02. The topological polar surface area (TPSA) is 0 Å². The fourth-order valence-electron chi connectivity index (χ4n) is 2.49. The summed E-state index contributed by atoms with van der Waals surface area (Å²) in [6.45, 7) is 2.26. The average molecular weight is 411 g/mol. The molecule has 1 aliphatic rings. The third-order valence-electron chi connectivity index (χ3n) is 3.37. The third kappa shape index (κ3) is 1.80. The molecule has 0 atom stereocenters. The van der Waals surface area contributed by atoms with Crippen molar-refractivity contribution in [1.82, 2.24) is 0 Å². The third-order valence-corrected chi connectivity index (χ3v) is 8.84. The van der Waals surface area contributed by atoms with Gasteiger partial charge in [-0.3, -0.25) is 0 Å². The average Bonchev–Trinajstić information content (AvgIpc) is 3.02. The van der Waals surface area contributed by atoms with Crippen molar-refractivity contribution in [3.63, 3.8) is 0 Å². The molecule has 4 rings (SSSR count). The molecule has 0 fully saturated rings. The van der Waals surface area contributed by atoms with Gasteiger partial charge < -0.3 is 0 Å². The molecule has 2 heterocycles. The molecule has 0 bridgehead atoms. The fraction of sp³-hybridized carbons (Fsp3) is 0.125. The molecule has 18 heavy (non-hydrogen) atoms. The number of rotatable bonds is 1. The van der Waals surface area contributed by atoms with Crippen LogP contribution in [0.3, 0.4) is 0 Å². The van der Waals surface area contributed by atoms with Gasteiger partial charge in [0.15, 0.2) is 0 Å². The molecule has 0 spiro atoms. The molecule has 0 unspecified atom stereocenters. The van der Waals surface area contributed by atoms with E-state index in [4.69, 9.17) is 0 Å². The zero-order valence-electron chi connectivity index (χ0n) is 10.1. The Morgan fingerprint density at radius 3 is 2.89 bits per heavy atom. The second kappa shape index (κ2) is 4.26. The van der Waals surface area contributed by atoms with E-state index in [9.17, 15) is 0 Å². The Morgan fingerprint density at radius 1 is 1.11 bits per heavy atom. The van der Waals surface area contributed by atoms with Crippen LogP contribution in [0.1, 0.15) is 14.4 Å². The van der Waals surface area contributed by atoms with Gasteiger partial charge in [0.1, 0.15) is 0 Å². The van der Waals surface area contributed by atoms with Gasteiger partial charge in [-0.25, -0.2) is 0 Å². The predicted molar refractivity (Wildman–Crippen MR) is 81.8 cm³/mol. The normalized spacial score (nSPS) is 14.8. The molecule has 0 saturated carbocycles. The van der Waals surface area contributed by atoms with Crippen molar-refractivity contribution in [3.05, 3.63) is 50.5 Å². The Kier molecular flexibility index (Phi) is 2.68. The molecule has 1 aromatic carbocycles. The predicted octanol–water partition coefficient (Wildman–Crippen LogP) is 3.76. The van der Waals surface area contributed by atoms with Gasteiger partial charge >= 0.3 is 123 Å². The minimum atomic E-state index is -0.143. The van der Waals surface area contributed by atoms with Crippen LogP contribution in [-0.4, -0.2) is 34.9 Å². The first-order chi connectivity index (χ1) is 8.79. The van der Waals surface area contributed by atoms with Crippen molar-refractivity contribution in [3.8, 4) is 0 Å². The van der Waals surface area contributed by atoms with Crippen LogP contribution in [0.4, 0.5) is 0 Å². The van der Waals surface area contributed by atoms with Crippen molar-refractivity contribution in [2.24, 2.45) is 0 Å². The van der Waals surface area contributed by atoms with E-state index in [0.29, 0.717) is 14.5 Å². The van der Waals surface area contributed by atoms with E-state index in [-0.39, 0.29) is 20.4 Å². The summed E-state index contributed by atoms with van der Waals surface area (Å²) in [4.78, 5) is 0. The van der Waals surface area contributed by atoms with Gasteiger partial charge in [-0.2, -0.15) is 0 Å². The molecule has 1 aliphatic carbocycles. The zero-order valence-corrected chi connectivity index (χ0v) is 14.1. The summed E-state index contributed by atoms with van der Waals surface area (Å²) >= 11 is 0.436. The molecule has 2 heteroatoms. The van der Waals surface area contributed by atoms with Gasteiger partial charge in [0.05, 0.1) is 0 Å². The van der Waals surface area contributed by atoms with E-state index in [1.54, 1.807) is 21.3 Å². The Balaban J connectivity index is 1.94. The van der Waals surface area contributed by atoms with E-state index < -0.39 is 0 Å². The van der Waals surface area contributed by atoms with E-state index in [2.05, 4.69) is 49.4 Å². The van der Waals surface area contributed by atoms with Crippen LogP contribution in [-0.2, 0) is 0 Å². The van der Waals surface area contributed by atoms with Gasteiger partial charge in [-0.15, -0.1) is 0 Å². The number of allylic oxidation sites excluding steroid dienone is 4. The summed E-state index contributed by atoms with van der Waals surface area (Å²) in [5.41, 5.74) is 1.56. The van der Waals surface area contributed by atoms with E-state index in [0.717, 1.165) is 6.42 Å². The summed E-state index contributed by atoms with van der Waals surface area (Å²) in [6.07, 6.45) is 7.90. The van der Waals surface area contributed by atoms with Crippen molar-refractivity contribution in [2.45, 2.75) is 13.3 Å². The Hall–Kier alpha value is -0.511. The van der Waals surface area contributed by atoms with E-state index >= 15 is 0 Å². The fourth-order valence-corrected chi connectivity index (χ4v) is 7.71. The van der Waals surface area contributed by atoms with Crippen molar-refractivity contribution in [1.29, 1.82) is 0 Å². The maximum atomic E-state index is 2.47. The van der Waals surface area contributed by atoms with Crippen LogP contribution in [0, 0.1) is 6.92 Å². The molecule has 0 radical (unpaired) electrons. The second-order valence-corrected chi connectivity index (χ2v) is 10.5. The molecule has 0 N–H and O–H groups in total. The molecule has 0 aliphatic heterocycles. The van der Waals surface area contributed by atoms with Gasteiger partial charge in [0, 0.05) is 0 Å². The second-order valence-electron chi connectivity index (χ2n) is 4.72. The first kappa shape index (κ1) is 11.3. The number of aryl methyl sites for hydroxylation is 1. The summed E-state index contributed by atoms with van der Waals surface area (Å²) in [7, 11) is 0. The van der Waals surface area contributed by atoms with Crippen molar-refractivity contribution >= 4 is 58.9 Å². The van der Waals surface area contributed by atoms with Crippen molar-refractivity contribution < 1.29 is 0 Å². The molecule has 3 aromatic rings. The Labute approximate surface area is 122 Å². The van der Waals surface area contributed by atoms with Gasteiger partial charge in [-0.05, 0) is 0 Å². The first-order valence-corrected chi connectivity index (χ1v) is 10.1. The Morgan fingerprint density at radius 2 is 2.06 bits per heavy atom. The quantitative estimate of drug-likeness (QED) is 0.536. The van der Waals surface area contributed by atoms with Crippen LogP contribution in [0.15, 0.2) is 42.5 Å². The summed E-state index contributed by atoms with van der Waals surface area (Å²) < 4.78 is 6.44. The zero-order chi connectivity index (χ0) is 12.1. The standard InChI is InChI=1S/C16H12SeTe/c1-10-6-12-8-16-13(7-14(12)17-10)9-15(18-16)11-4-2-3-5-11/h2-4,6-9H,5H2,1H3. The molecular weight excluding hydrogens is 399 g/mol. The molecule has 0 nitrogen and oxygen atoms in total. The van der Waals surface area contributed by atoms with Gasteiger partial charge in [0.2, 0.25) is 0 Å². The molecule has 0 amide bonds. The number of benzene rings is 1. The van der Waals surface area contributed by atoms with E-state index in [1.807, 2.05) is 0 Å². The first-order valence-electron chi connectivity index (χ1n) is 6.09. The molecule has 88 valence electrons. The van der Waals surface area contributed by atoms with Gasteiger partial charge in [-0.1, -0.05) is 0 Å². The Bertz CT molecular complexity index is 763. The van der Waals surface area contributed by atoms with Crippen LogP contribution in [0.25, 0.3) is 24.0 Å².